The molecule has 2 aromatic carbocycles. The van der Waals surface area contributed by atoms with E-state index in [1.807, 2.05) is 36.4 Å². The first kappa shape index (κ1) is 22.2. The second-order valence-corrected chi connectivity index (χ2v) is 9.14. The van der Waals surface area contributed by atoms with Gasteiger partial charge in [-0.15, -0.1) is 0 Å². The molecule has 8 heteroatoms. The van der Waals surface area contributed by atoms with Crippen LogP contribution in [-0.2, 0) is 14.3 Å². The first-order valence-electron chi connectivity index (χ1n) is 10.7. The Labute approximate surface area is 191 Å². The normalized spacial score (nSPS) is 16.4. The van der Waals surface area contributed by atoms with Gasteiger partial charge in [-0.1, -0.05) is 48.5 Å². The Kier molecular flexibility index (Phi) is 6.99. The van der Waals surface area contributed by atoms with Crippen molar-refractivity contribution < 1.29 is 24.2 Å². The number of hydrogen-bond donors (Lipinski definition) is 2. The van der Waals surface area contributed by atoms with Gasteiger partial charge in [0.1, 0.15) is 12.6 Å². The molecule has 1 aliphatic carbocycles. The zero-order chi connectivity index (χ0) is 22.5. The molecule has 0 aromatic heterocycles. The molecule has 32 heavy (non-hydrogen) atoms. The highest BCUT2D eigenvalue weighted by molar-refractivity contribution is 7.99. The number of alkyl carbamates (subject to hydrolysis) is 1. The summed E-state index contributed by atoms with van der Waals surface area (Å²) in [5.74, 6) is 0.142. The average Bonchev–Trinajstić information content (AvgIpc) is 2.93. The molecular formula is C24H26N2O5S. The summed E-state index contributed by atoms with van der Waals surface area (Å²) < 4.78 is 5.50. The number of aliphatic carboxylic acids is 1. The highest BCUT2D eigenvalue weighted by atomic mass is 32.2. The third-order valence-corrected chi connectivity index (χ3v) is 6.90. The van der Waals surface area contributed by atoms with Crippen LogP contribution in [0.1, 0.15) is 29.9 Å². The van der Waals surface area contributed by atoms with E-state index >= 15 is 0 Å². The van der Waals surface area contributed by atoms with Crippen molar-refractivity contribution in [3.05, 3.63) is 59.7 Å². The molecule has 1 unspecified atom stereocenters. The molecule has 168 valence electrons. The minimum atomic E-state index is -1.15. The molecule has 1 aliphatic heterocycles. The molecule has 4 rings (SSSR count). The number of carboxylic acid groups (broad SMARTS) is 1. The Hall–Kier alpha value is -3.00. The van der Waals surface area contributed by atoms with Gasteiger partial charge < -0.3 is 20.1 Å². The lowest BCUT2D eigenvalue weighted by Crippen LogP contribution is -2.50. The monoisotopic (exact) mass is 454 g/mol. The van der Waals surface area contributed by atoms with Crippen LogP contribution in [0.4, 0.5) is 4.79 Å². The van der Waals surface area contributed by atoms with Gasteiger partial charge >= 0.3 is 12.1 Å². The molecule has 1 saturated heterocycles. The third kappa shape index (κ3) is 4.91. The standard InChI is InChI=1S/C24H26N2O5S/c27-22(28)14-21(23(29)26-10-5-12-32-13-11-26)25-24(30)31-15-20-18-8-3-1-6-16(18)17-7-2-4-9-19(17)20/h1-4,6-9,20-21H,5,10-15H2,(H,25,30)(H,27,28). The predicted octanol–water partition coefficient (Wildman–Crippen LogP) is 3.33. The smallest absolute Gasteiger partial charge is 0.407 e. The van der Waals surface area contributed by atoms with E-state index in [9.17, 15) is 19.5 Å². The number of carboxylic acids is 1. The quantitative estimate of drug-likeness (QED) is 0.695. The van der Waals surface area contributed by atoms with Crippen molar-refractivity contribution in [1.29, 1.82) is 0 Å². The zero-order valence-corrected chi connectivity index (χ0v) is 18.5. The van der Waals surface area contributed by atoms with Gasteiger partial charge in [0.25, 0.3) is 0 Å². The second kappa shape index (κ2) is 10.1. The lowest BCUT2D eigenvalue weighted by atomic mass is 9.98. The van der Waals surface area contributed by atoms with Crippen LogP contribution in [0.5, 0.6) is 0 Å². The number of benzene rings is 2. The highest BCUT2D eigenvalue weighted by Crippen LogP contribution is 2.44. The SMILES string of the molecule is O=C(O)CC(NC(=O)OCC1c2ccccc2-c2ccccc21)C(=O)N1CCCSCC1. The van der Waals surface area contributed by atoms with Crippen LogP contribution in [-0.4, -0.2) is 65.2 Å². The number of carbonyl (C=O) groups excluding carboxylic acids is 2. The van der Waals surface area contributed by atoms with Gasteiger partial charge in [0.15, 0.2) is 0 Å². The van der Waals surface area contributed by atoms with E-state index in [1.165, 1.54) is 0 Å². The molecule has 0 radical (unpaired) electrons. The molecule has 2 amide bonds. The number of hydrogen-bond acceptors (Lipinski definition) is 5. The minimum Gasteiger partial charge on any atom is -0.481 e. The van der Waals surface area contributed by atoms with Gasteiger partial charge in [0, 0.05) is 24.8 Å². The Balaban J connectivity index is 1.42. The summed E-state index contributed by atoms with van der Waals surface area (Å²) >= 11 is 1.77. The number of carbonyl (C=O) groups is 3. The first-order valence-corrected chi connectivity index (χ1v) is 11.9. The topological polar surface area (TPSA) is 95.9 Å². The second-order valence-electron chi connectivity index (χ2n) is 7.91. The van der Waals surface area contributed by atoms with E-state index in [1.54, 1.807) is 16.7 Å². The Morgan fingerprint density at radius 2 is 1.69 bits per heavy atom. The fourth-order valence-corrected chi connectivity index (χ4v) is 5.23. The van der Waals surface area contributed by atoms with Gasteiger partial charge in [0.2, 0.25) is 5.91 Å². The average molecular weight is 455 g/mol. The number of amides is 2. The van der Waals surface area contributed by atoms with Crippen molar-refractivity contribution in [2.75, 3.05) is 31.2 Å². The Morgan fingerprint density at radius 1 is 1.03 bits per heavy atom. The first-order chi connectivity index (χ1) is 15.5. The van der Waals surface area contributed by atoms with E-state index in [-0.39, 0.29) is 18.4 Å². The predicted molar refractivity (Wildman–Crippen MR) is 123 cm³/mol. The van der Waals surface area contributed by atoms with Gasteiger partial charge in [-0.2, -0.15) is 11.8 Å². The molecule has 1 heterocycles. The number of ether oxygens (including phenoxy) is 1. The number of rotatable bonds is 6. The molecule has 1 atom stereocenters. The Bertz CT molecular complexity index is 958. The summed E-state index contributed by atoms with van der Waals surface area (Å²) in [6, 6.07) is 14.9. The molecule has 2 aliphatic rings. The molecule has 7 nitrogen and oxygen atoms in total. The van der Waals surface area contributed by atoms with Crippen LogP contribution in [0.2, 0.25) is 0 Å². The molecule has 2 N–H and O–H groups in total. The maximum absolute atomic E-state index is 12.9. The van der Waals surface area contributed by atoms with Gasteiger partial charge in [-0.05, 0) is 34.4 Å². The van der Waals surface area contributed by atoms with Crippen LogP contribution in [0, 0.1) is 0 Å². The number of fused-ring (bicyclic) bond motifs is 3. The number of nitrogens with zero attached hydrogens (tertiary/aromatic N) is 1. The van der Waals surface area contributed by atoms with E-state index in [2.05, 4.69) is 17.4 Å². The maximum Gasteiger partial charge on any atom is 0.407 e. The third-order valence-electron chi connectivity index (χ3n) is 5.85. The summed E-state index contributed by atoms with van der Waals surface area (Å²) in [6.07, 6.45) is -0.413. The largest absolute Gasteiger partial charge is 0.481 e. The number of nitrogens with one attached hydrogen (secondary N) is 1. The summed E-state index contributed by atoms with van der Waals surface area (Å²) in [7, 11) is 0. The molecule has 1 fully saturated rings. The van der Waals surface area contributed by atoms with Crippen molar-refractivity contribution in [1.82, 2.24) is 10.2 Å². The van der Waals surface area contributed by atoms with Gasteiger partial charge in [-0.25, -0.2) is 4.79 Å². The zero-order valence-electron chi connectivity index (χ0n) is 17.7. The lowest BCUT2D eigenvalue weighted by Gasteiger charge is -2.25. The van der Waals surface area contributed by atoms with Crippen LogP contribution < -0.4 is 5.32 Å². The minimum absolute atomic E-state index is 0.105. The van der Waals surface area contributed by atoms with Gasteiger partial charge in [0.05, 0.1) is 6.42 Å². The van der Waals surface area contributed by atoms with Crippen molar-refractivity contribution in [3.63, 3.8) is 0 Å². The highest BCUT2D eigenvalue weighted by Gasteiger charge is 2.31. The molecule has 2 aromatic rings. The maximum atomic E-state index is 12.9. The molecular weight excluding hydrogens is 428 g/mol. The van der Waals surface area contributed by atoms with E-state index in [4.69, 9.17) is 4.74 Å². The van der Waals surface area contributed by atoms with Gasteiger partial charge in [-0.3, -0.25) is 9.59 Å². The van der Waals surface area contributed by atoms with Crippen LogP contribution in [0.3, 0.4) is 0 Å². The fraction of sp³-hybridized carbons (Fsp3) is 0.375. The van der Waals surface area contributed by atoms with E-state index in [0.717, 1.165) is 40.2 Å². The summed E-state index contributed by atoms with van der Waals surface area (Å²) in [4.78, 5) is 38.4. The van der Waals surface area contributed by atoms with Crippen LogP contribution >= 0.6 is 11.8 Å². The lowest BCUT2D eigenvalue weighted by molar-refractivity contribution is -0.142. The van der Waals surface area contributed by atoms with Crippen molar-refractivity contribution in [2.24, 2.45) is 0 Å². The van der Waals surface area contributed by atoms with Crippen LogP contribution in [0.15, 0.2) is 48.5 Å². The van der Waals surface area contributed by atoms with E-state index in [0.29, 0.717) is 13.1 Å². The summed E-state index contributed by atoms with van der Waals surface area (Å²) in [5, 5.41) is 11.8. The molecule has 0 saturated carbocycles. The van der Waals surface area contributed by atoms with Crippen molar-refractivity contribution in [2.45, 2.75) is 24.8 Å². The summed E-state index contributed by atoms with van der Waals surface area (Å²) in [5.41, 5.74) is 4.41. The van der Waals surface area contributed by atoms with Crippen LogP contribution in [0.25, 0.3) is 11.1 Å². The Morgan fingerprint density at radius 3 is 2.34 bits per heavy atom. The van der Waals surface area contributed by atoms with E-state index < -0.39 is 24.5 Å². The van der Waals surface area contributed by atoms with Crippen molar-refractivity contribution >= 4 is 29.7 Å². The summed E-state index contributed by atoms with van der Waals surface area (Å²) in [6.45, 7) is 1.22. The molecule has 0 bridgehead atoms. The fourth-order valence-electron chi connectivity index (χ4n) is 4.34. The van der Waals surface area contributed by atoms with Crippen molar-refractivity contribution in [3.8, 4) is 11.1 Å². The molecule has 0 spiro atoms. The number of thioether (sulfide) groups is 1.